The summed E-state index contributed by atoms with van der Waals surface area (Å²) in [5.74, 6) is -0.531. The second kappa shape index (κ2) is 7.17. The lowest BCUT2D eigenvalue weighted by molar-refractivity contribution is -0.385. The predicted molar refractivity (Wildman–Crippen MR) is 83.9 cm³/mol. The molecule has 0 saturated carbocycles. The van der Waals surface area contributed by atoms with Gasteiger partial charge in [0.2, 0.25) is 0 Å². The van der Waals surface area contributed by atoms with E-state index < -0.39 is 10.9 Å². The molecular weight excluding hydrogens is 300 g/mol. The van der Waals surface area contributed by atoms with Crippen molar-refractivity contribution in [2.45, 2.75) is 6.92 Å². The molecule has 2 aromatic rings. The lowest BCUT2D eigenvalue weighted by Gasteiger charge is -2.05. The third-order valence-corrected chi connectivity index (χ3v) is 2.94. The Morgan fingerprint density at radius 2 is 2.04 bits per heavy atom. The van der Waals surface area contributed by atoms with Gasteiger partial charge in [0, 0.05) is 6.07 Å². The number of carbonyl (C=O) groups excluding carboxylic acids is 1. The molecular formula is C16H14N2O5. The number of phenols is 1. The van der Waals surface area contributed by atoms with Crippen molar-refractivity contribution in [1.82, 2.24) is 4.98 Å². The number of ether oxygens (including phenoxy) is 1. The Bertz CT molecular complexity index is 754. The fourth-order valence-electron chi connectivity index (χ4n) is 1.83. The number of nitrogens with zero attached hydrogens (tertiary/aromatic N) is 2. The first-order valence-corrected chi connectivity index (χ1v) is 6.80. The number of phenolic OH excluding ortho intramolecular Hbond substituents is 1. The molecule has 1 heterocycles. The van der Waals surface area contributed by atoms with Crippen LogP contribution in [0.25, 0.3) is 12.2 Å². The van der Waals surface area contributed by atoms with E-state index in [0.717, 1.165) is 17.8 Å². The Labute approximate surface area is 132 Å². The maximum atomic E-state index is 11.9. The number of benzene rings is 1. The van der Waals surface area contributed by atoms with E-state index in [0.29, 0.717) is 0 Å². The highest BCUT2D eigenvalue weighted by molar-refractivity contribution is 5.94. The first-order chi connectivity index (χ1) is 11.0. The molecule has 0 aliphatic heterocycles. The van der Waals surface area contributed by atoms with Crippen molar-refractivity contribution < 1.29 is 19.6 Å². The minimum absolute atomic E-state index is 0.0241. The summed E-state index contributed by atoms with van der Waals surface area (Å²) in [6.45, 7) is 1.80. The number of aromatic nitrogens is 1. The molecule has 0 aliphatic rings. The predicted octanol–water partition coefficient (Wildman–Crippen LogP) is 3.04. The summed E-state index contributed by atoms with van der Waals surface area (Å²) < 4.78 is 4.90. The molecule has 0 fully saturated rings. The molecule has 1 aromatic heterocycles. The van der Waals surface area contributed by atoms with Gasteiger partial charge in [-0.3, -0.25) is 10.1 Å². The van der Waals surface area contributed by atoms with Crippen molar-refractivity contribution in [1.29, 1.82) is 0 Å². The smallest absolute Gasteiger partial charge is 0.340 e. The van der Waals surface area contributed by atoms with Gasteiger partial charge in [0.15, 0.2) is 0 Å². The Morgan fingerprint density at radius 1 is 1.35 bits per heavy atom. The Hall–Kier alpha value is -3.22. The maximum absolute atomic E-state index is 11.9. The molecule has 23 heavy (non-hydrogen) atoms. The van der Waals surface area contributed by atoms with E-state index in [9.17, 15) is 20.0 Å². The fraction of sp³-hybridized carbons (Fsp3) is 0.125. The monoisotopic (exact) mass is 314 g/mol. The largest absolute Gasteiger partial charge is 0.508 e. The molecule has 0 spiro atoms. The van der Waals surface area contributed by atoms with Crippen LogP contribution in [0.4, 0.5) is 5.69 Å². The molecule has 7 nitrogen and oxygen atoms in total. The highest BCUT2D eigenvalue weighted by Gasteiger charge is 2.17. The van der Waals surface area contributed by atoms with Crippen LogP contribution >= 0.6 is 0 Å². The molecule has 1 N–H and O–H groups in total. The van der Waals surface area contributed by atoms with Crippen molar-refractivity contribution in [2.75, 3.05) is 6.61 Å². The molecule has 0 amide bonds. The molecule has 0 radical (unpaired) electrons. The van der Waals surface area contributed by atoms with Crippen LogP contribution in [-0.2, 0) is 4.74 Å². The van der Waals surface area contributed by atoms with Crippen molar-refractivity contribution in [3.8, 4) is 5.75 Å². The highest BCUT2D eigenvalue weighted by Crippen LogP contribution is 2.19. The zero-order valence-electron chi connectivity index (χ0n) is 12.3. The molecule has 0 unspecified atom stereocenters. The van der Waals surface area contributed by atoms with Crippen molar-refractivity contribution in [3.63, 3.8) is 0 Å². The number of aromatic hydroxyl groups is 1. The van der Waals surface area contributed by atoms with E-state index in [-0.39, 0.29) is 29.3 Å². The first-order valence-electron chi connectivity index (χ1n) is 6.80. The lowest BCUT2D eigenvalue weighted by Crippen LogP contribution is -2.08. The molecule has 0 aliphatic carbocycles. The zero-order chi connectivity index (χ0) is 16.8. The topological polar surface area (TPSA) is 103 Å². The molecule has 0 atom stereocenters. The summed E-state index contributed by atoms with van der Waals surface area (Å²) in [7, 11) is 0. The van der Waals surface area contributed by atoms with Gasteiger partial charge in [-0.25, -0.2) is 9.78 Å². The third-order valence-electron chi connectivity index (χ3n) is 2.94. The zero-order valence-corrected chi connectivity index (χ0v) is 12.3. The second-order valence-electron chi connectivity index (χ2n) is 4.53. The van der Waals surface area contributed by atoms with Gasteiger partial charge < -0.3 is 9.84 Å². The Morgan fingerprint density at radius 3 is 2.65 bits per heavy atom. The normalized spacial score (nSPS) is 10.7. The third kappa shape index (κ3) is 4.13. The second-order valence-corrected chi connectivity index (χ2v) is 4.53. The van der Waals surface area contributed by atoms with Crippen LogP contribution in [-0.4, -0.2) is 27.6 Å². The van der Waals surface area contributed by atoms with E-state index in [2.05, 4.69) is 4.98 Å². The summed E-state index contributed by atoms with van der Waals surface area (Å²) in [5.41, 5.74) is 0.783. The molecule has 1 aromatic carbocycles. The van der Waals surface area contributed by atoms with Gasteiger partial charge in [0.25, 0.3) is 5.69 Å². The number of esters is 1. The van der Waals surface area contributed by atoms with Gasteiger partial charge in [0.05, 0.1) is 22.8 Å². The Balaban J connectivity index is 2.38. The van der Waals surface area contributed by atoms with Crippen LogP contribution in [0.5, 0.6) is 5.75 Å². The maximum Gasteiger partial charge on any atom is 0.340 e. The van der Waals surface area contributed by atoms with Gasteiger partial charge in [-0.1, -0.05) is 18.2 Å². The van der Waals surface area contributed by atoms with E-state index in [1.807, 2.05) is 0 Å². The fourth-order valence-corrected chi connectivity index (χ4v) is 1.83. The highest BCUT2D eigenvalue weighted by atomic mass is 16.6. The minimum Gasteiger partial charge on any atom is -0.508 e. The minimum atomic E-state index is -0.672. The summed E-state index contributed by atoms with van der Waals surface area (Å²) in [5, 5.41) is 20.1. The van der Waals surface area contributed by atoms with E-state index in [1.165, 1.54) is 12.1 Å². The quantitative estimate of drug-likeness (QED) is 0.517. The number of rotatable bonds is 5. The van der Waals surface area contributed by atoms with Gasteiger partial charge in [-0.15, -0.1) is 0 Å². The Kier molecular flexibility index (Phi) is 5.03. The van der Waals surface area contributed by atoms with E-state index in [4.69, 9.17) is 4.74 Å². The lowest BCUT2D eigenvalue weighted by atomic mass is 10.1. The van der Waals surface area contributed by atoms with Crippen LogP contribution < -0.4 is 0 Å². The summed E-state index contributed by atoms with van der Waals surface area (Å²) in [6.07, 6.45) is 4.32. The molecule has 7 heteroatoms. The summed E-state index contributed by atoms with van der Waals surface area (Å²) >= 11 is 0. The van der Waals surface area contributed by atoms with Crippen LogP contribution in [0.1, 0.15) is 28.5 Å². The average molecular weight is 314 g/mol. The van der Waals surface area contributed by atoms with Crippen molar-refractivity contribution in [3.05, 3.63) is 63.5 Å². The average Bonchev–Trinajstić information content (AvgIpc) is 2.54. The van der Waals surface area contributed by atoms with Gasteiger partial charge >= 0.3 is 5.97 Å². The standard InChI is InChI=1S/C16H14N2O5/c1-2-23-16(20)14-9-12(18(21)22)10-17-15(14)8-5-11-3-6-13(19)7-4-11/h3-10,19H,2H2,1H3/b8-5+. The van der Waals surface area contributed by atoms with Gasteiger partial charge in [0.1, 0.15) is 11.9 Å². The molecule has 0 bridgehead atoms. The van der Waals surface area contributed by atoms with Crippen molar-refractivity contribution >= 4 is 23.8 Å². The first kappa shape index (κ1) is 16.2. The van der Waals surface area contributed by atoms with Crippen LogP contribution in [0.15, 0.2) is 36.5 Å². The van der Waals surface area contributed by atoms with E-state index >= 15 is 0 Å². The van der Waals surface area contributed by atoms with Gasteiger partial charge in [-0.2, -0.15) is 0 Å². The molecule has 2 rings (SSSR count). The number of hydrogen-bond acceptors (Lipinski definition) is 6. The number of pyridine rings is 1. The number of hydrogen-bond donors (Lipinski definition) is 1. The summed E-state index contributed by atoms with van der Waals surface area (Å²) in [6, 6.07) is 7.55. The SMILES string of the molecule is CCOC(=O)c1cc([N+](=O)[O-])cnc1/C=C/c1ccc(O)cc1. The number of carbonyl (C=O) groups is 1. The van der Waals surface area contributed by atoms with Crippen molar-refractivity contribution in [2.24, 2.45) is 0 Å². The van der Waals surface area contributed by atoms with Gasteiger partial charge in [-0.05, 0) is 30.7 Å². The van der Waals surface area contributed by atoms with Crippen LogP contribution in [0.2, 0.25) is 0 Å². The van der Waals surface area contributed by atoms with Crippen LogP contribution in [0, 0.1) is 10.1 Å². The van der Waals surface area contributed by atoms with Crippen LogP contribution in [0.3, 0.4) is 0 Å². The molecule has 118 valence electrons. The molecule has 0 saturated heterocycles. The summed E-state index contributed by atoms with van der Waals surface area (Å²) in [4.78, 5) is 26.1. The van der Waals surface area contributed by atoms with E-state index in [1.54, 1.807) is 31.2 Å². The number of nitro groups is 1.